The average Bonchev–Trinajstić information content (AvgIpc) is 2.66. The molecule has 2 aliphatic rings. The van der Waals surface area contributed by atoms with Crippen molar-refractivity contribution in [2.75, 3.05) is 6.61 Å². The predicted molar refractivity (Wildman–Crippen MR) is 52.8 cm³/mol. The van der Waals surface area contributed by atoms with E-state index in [9.17, 15) is 9.59 Å². The molecule has 0 heterocycles. The second-order valence-corrected chi connectivity index (χ2v) is 3.95. The Labute approximate surface area is 84.8 Å². The summed E-state index contributed by atoms with van der Waals surface area (Å²) in [5.41, 5.74) is 0. The van der Waals surface area contributed by atoms with E-state index in [2.05, 4.69) is 4.74 Å². The number of hydrogen-bond acceptors (Lipinski definition) is 3. The fourth-order valence-corrected chi connectivity index (χ4v) is 2.39. The lowest BCUT2D eigenvalue weighted by atomic mass is 10.0. The zero-order valence-corrected chi connectivity index (χ0v) is 8.70. The fraction of sp³-hybridized carbons (Fsp3) is 0.818. The third kappa shape index (κ3) is 3.13. The van der Waals surface area contributed by atoms with Crippen LogP contribution in [0.5, 0.6) is 0 Å². The first-order valence-corrected chi connectivity index (χ1v) is 5.34. The molecular formula is C11H18O3. The van der Waals surface area contributed by atoms with E-state index in [0.29, 0.717) is 18.9 Å². The van der Waals surface area contributed by atoms with Gasteiger partial charge in [0.25, 0.3) is 6.47 Å². The van der Waals surface area contributed by atoms with Crippen molar-refractivity contribution in [3.63, 3.8) is 0 Å². The molecule has 2 saturated carbocycles. The van der Waals surface area contributed by atoms with Crippen LogP contribution < -0.4 is 0 Å². The van der Waals surface area contributed by atoms with Gasteiger partial charge in [-0.15, -0.1) is 0 Å². The smallest absolute Gasteiger partial charge is 0.293 e. The molecule has 0 aliphatic heterocycles. The van der Waals surface area contributed by atoms with E-state index in [1.54, 1.807) is 6.92 Å². The topological polar surface area (TPSA) is 43.4 Å². The summed E-state index contributed by atoms with van der Waals surface area (Å²) in [5, 5.41) is 0. The van der Waals surface area contributed by atoms with Crippen molar-refractivity contribution in [2.24, 2.45) is 11.8 Å². The molecule has 0 saturated heterocycles. The molecule has 0 radical (unpaired) electrons. The molecule has 3 nitrogen and oxygen atoms in total. The molecule has 2 rings (SSSR count). The highest BCUT2D eigenvalue weighted by Crippen LogP contribution is 2.41. The Kier molecular flexibility index (Phi) is 4.63. The van der Waals surface area contributed by atoms with Crippen molar-refractivity contribution in [1.29, 1.82) is 0 Å². The maximum absolute atomic E-state index is 10.9. The van der Waals surface area contributed by atoms with E-state index in [-0.39, 0.29) is 0 Å². The summed E-state index contributed by atoms with van der Waals surface area (Å²) in [7, 11) is 0. The van der Waals surface area contributed by atoms with Crippen molar-refractivity contribution >= 4 is 12.3 Å². The Morgan fingerprint density at radius 3 is 2.29 bits per heavy atom. The predicted octanol–water partition coefficient (Wildman–Crippen LogP) is 1.94. The highest BCUT2D eigenvalue weighted by molar-refractivity contribution is 5.81. The van der Waals surface area contributed by atoms with Gasteiger partial charge in [0, 0.05) is 12.8 Å². The largest absolute Gasteiger partial charge is 0.468 e. The van der Waals surface area contributed by atoms with Gasteiger partial charge in [-0.3, -0.25) is 9.59 Å². The van der Waals surface area contributed by atoms with Crippen LogP contribution in [0.3, 0.4) is 0 Å². The van der Waals surface area contributed by atoms with E-state index in [0.717, 1.165) is 24.7 Å². The third-order valence-corrected chi connectivity index (χ3v) is 3.03. The lowest BCUT2D eigenvalue weighted by Gasteiger charge is -2.03. The highest BCUT2D eigenvalue weighted by atomic mass is 16.5. The summed E-state index contributed by atoms with van der Waals surface area (Å²) in [4.78, 5) is 20.0. The van der Waals surface area contributed by atoms with Crippen LogP contribution in [0.4, 0.5) is 0 Å². The van der Waals surface area contributed by atoms with E-state index in [4.69, 9.17) is 0 Å². The third-order valence-electron chi connectivity index (χ3n) is 3.03. The first-order valence-electron chi connectivity index (χ1n) is 5.34. The Morgan fingerprint density at radius 1 is 1.36 bits per heavy atom. The number of carbonyl (C=O) groups is 2. The molecule has 0 aromatic heterocycles. The monoisotopic (exact) mass is 198 g/mol. The number of rotatable bonds is 2. The summed E-state index contributed by atoms with van der Waals surface area (Å²) >= 11 is 0. The van der Waals surface area contributed by atoms with Crippen LogP contribution in [0, 0.1) is 11.8 Å². The van der Waals surface area contributed by atoms with Crippen LogP contribution in [0.15, 0.2) is 0 Å². The molecule has 0 bridgehead atoms. The Hall–Kier alpha value is -0.860. The van der Waals surface area contributed by atoms with E-state index in [1.165, 1.54) is 19.3 Å². The van der Waals surface area contributed by atoms with Gasteiger partial charge in [0.2, 0.25) is 0 Å². The summed E-state index contributed by atoms with van der Waals surface area (Å²) in [6.45, 7) is 2.66. The maximum Gasteiger partial charge on any atom is 0.293 e. The van der Waals surface area contributed by atoms with Crippen molar-refractivity contribution in [3.8, 4) is 0 Å². The summed E-state index contributed by atoms with van der Waals surface area (Å²) < 4.78 is 4.15. The molecule has 0 aromatic rings. The number of Topliss-reactive ketones (excluding diaryl/α,β-unsaturated/α-hetero) is 1. The maximum atomic E-state index is 10.9. The van der Waals surface area contributed by atoms with Crippen molar-refractivity contribution < 1.29 is 14.3 Å². The number of ether oxygens (including phenoxy) is 1. The highest BCUT2D eigenvalue weighted by Gasteiger charge is 2.35. The van der Waals surface area contributed by atoms with Gasteiger partial charge >= 0.3 is 0 Å². The molecular weight excluding hydrogens is 180 g/mol. The normalized spacial score (nSPS) is 29.1. The molecule has 14 heavy (non-hydrogen) atoms. The van der Waals surface area contributed by atoms with Gasteiger partial charge in [-0.25, -0.2) is 0 Å². The second kappa shape index (κ2) is 5.78. The number of ketones is 1. The summed E-state index contributed by atoms with van der Waals surface area (Å²) in [6.07, 6.45) is 5.85. The van der Waals surface area contributed by atoms with Crippen molar-refractivity contribution in [1.82, 2.24) is 0 Å². The molecule has 80 valence electrons. The Morgan fingerprint density at radius 2 is 1.93 bits per heavy atom. The van der Waals surface area contributed by atoms with Crippen molar-refractivity contribution in [3.05, 3.63) is 0 Å². The lowest BCUT2D eigenvalue weighted by Crippen LogP contribution is -1.95. The summed E-state index contributed by atoms with van der Waals surface area (Å²) in [6, 6.07) is 0. The summed E-state index contributed by atoms with van der Waals surface area (Å²) in [5.74, 6) is 2.12. The molecule has 0 amide bonds. The van der Waals surface area contributed by atoms with E-state index >= 15 is 0 Å². The number of carbonyl (C=O) groups excluding carboxylic acids is 2. The van der Waals surface area contributed by atoms with Gasteiger partial charge in [-0.1, -0.05) is 6.42 Å². The number of fused-ring (bicyclic) bond motifs is 1. The quantitative estimate of drug-likeness (QED) is 0.637. The molecule has 0 spiro atoms. The number of hydrogen-bond donors (Lipinski definition) is 0. The molecule has 0 N–H and O–H groups in total. The first-order chi connectivity index (χ1) is 6.77. The van der Waals surface area contributed by atoms with Crippen LogP contribution in [0.2, 0.25) is 0 Å². The van der Waals surface area contributed by atoms with Gasteiger partial charge in [-0.05, 0) is 31.6 Å². The average molecular weight is 198 g/mol. The minimum Gasteiger partial charge on any atom is -0.468 e. The lowest BCUT2D eigenvalue weighted by molar-refractivity contribution is -0.128. The second-order valence-electron chi connectivity index (χ2n) is 3.95. The first kappa shape index (κ1) is 11.2. The fourth-order valence-electron chi connectivity index (χ4n) is 2.39. The Balaban J connectivity index is 0.000000171. The SMILES string of the molecule is CCOC=O.O=C1CC2CCCC2C1. The van der Waals surface area contributed by atoms with E-state index < -0.39 is 0 Å². The van der Waals surface area contributed by atoms with Gasteiger partial charge in [-0.2, -0.15) is 0 Å². The van der Waals surface area contributed by atoms with Gasteiger partial charge in [0.15, 0.2) is 0 Å². The molecule has 3 heteroatoms. The minimum atomic E-state index is 0.431. The molecule has 2 aliphatic carbocycles. The van der Waals surface area contributed by atoms with Crippen LogP contribution in [0.25, 0.3) is 0 Å². The van der Waals surface area contributed by atoms with E-state index in [1.807, 2.05) is 0 Å². The molecule has 2 atom stereocenters. The van der Waals surface area contributed by atoms with Crippen LogP contribution in [0.1, 0.15) is 39.0 Å². The Bertz CT molecular complexity index is 187. The van der Waals surface area contributed by atoms with Crippen LogP contribution in [-0.2, 0) is 14.3 Å². The van der Waals surface area contributed by atoms with Crippen molar-refractivity contribution in [2.45, 2.75) is 39.0 Å². The standard InChI is InChI=1S/C8H12O.C3H6O2/c9-8-4-6-2-1-3-7(6)5-8;1-2-5-3-4/h6-7H,1-5H2;3H,2H2,1H3. The van der Waals surface area contributed by atoms with Gasteiger partial charge in [0.1, 0.15) is 5.78 Å². The van der Waals surface area contributed by atoms with Crippen LogP contribution in [-0.4, -0.2) is 18.9 Å². The molecule has 0 aromatic carbocycles. The molecule has 2 fully saturated rings. The zero-order chi connectivity index (χ0) is 10.4. The molecule has 2 unspecified atom stereocenters. The zero-order valence-electron chi connectivity index (χ0n) is 8.70. The van der Waals surface area contributed by atoms with Gasteiger partial charge in [0.05, 0.1) is 6.61 Å². The minimum absolute atomic E-state index is 0.431. The van der Waals surface area contributed by atoms with Gasteiger partial charge < -0.3 is 4.74 Å². The van der Waals surface area contributed by atoms with Crippen LogP contribution >= 0.6 is 0 Å².